The molecular weight excluding hydrogens is 316 g/mol. The third-order valence-electron chi connectivity index (χ3n) is 3.79. The number of nitrogens with zero attached hydrogens (tertiary/aromatic N) is 5. The number of anilines is 1. The fraction of sp³-hybridized carbons (Fsp3) is 0.786. The standard InChI is InChI=1S/C14H26N6S2/c1-5-12-17-14(22-18-12)20-8-6-19(7-9-20)13(15-3)16-10-11(2)21-4/h11H,5-10H2,1-4H3,(H,15,16). The number of thioether (sulfide) groups is 1. The minimum Gasteiger partial charge on any atom is -0.355 e. The highest BCUT2D eigenvalue weighted by Crippen LogP contribution is 2.19. The van der Waals surface area contributed by atoms with Crippen LogP contribution in [-0.4, -0.2) is 71.5 Å². The van der Waals surface area contributed by atoms with Gasteiger partial charge in [0.2, 0.25) is 5.13 Å². The number of hydrogen-bond donors (Lipinski definition) is 1. The Balaban J connectivity index is 1.85. The first-order valence-corrected chi connectivity index (χ1v) is 9.80. The normalized spacial score (nSPS) is 17.7. The van der Waals surface area contributed by atoms with Crippen LogP contribution >= 0.6 is 23.3 Å². The van der Waals surface area contributed by atoms with E-state index in [2.05, 4.69) is 49.6 Å². The van der Waals surface area contributed by atoms with Gasteiger partial charge in [-0.15, -0.1) is 0 Å². The fourth-order valence-electron chi connectivity index (χ4n) is 2.28. The Kier molecular flexibility index (Phi) is 6.75. The Morgan fingerprint density at radius 2 is 2.14 bits per heavy atom. The lowest BCUT2D eigenvalue weighted by Crippen LogP contribution is -2.53. The average Bonchev–Trinajstić information content (AvgIpc) is 3.04. The minimum absolute atomic E-state index is 0.590. The van der Waals surface area contributed by atoms with Gasteiger partial charge in [-0.1, -0.05) is 13.8 Å². The molecule has 124 valence electrons. The smallest absolute Gasteiger partial charge is 0.205 e. The second-order valence-corrected chi connectivity index (χ2v) is 7.30. The molecule has 1 N–H and O–H groups in total. The van der Waals surface area contributed by atoms with Gasteiger partial charge in [0.25, 0.3) is 0 Å². The Bertz CT molecular complexity index is 481. The third-order valence-corrected chi connectivity index (χ3v) is 5.57. The van der Waals surface area contributed by atoms with Crippen LogP contribution in [-0.2, 0) is 6.42 Å². The molecule has 0 aliphatic carbocycles. The summed E-state index contributed by atoms with van der Waals surface area (Å²) in [5.41, 5.74) is 0. The van der Waals surface area contributed by atoms with E-state index in [1.165, 1.54) is 11.5 Å². The van der Waals surface area contributed by atoms with Crippen molar-refractivity contribution >= 4 is 34.4 Å². The van der Waals surface area contributed by atoms with Crippen molar-refractivity contribution < 1.29 is 0 Å². The van der Waals surface area contributed by atoms with Crippen molar-refractivity contribution in [2.45, 2.75) is 25.5 Å². The van der Waals surface area contributed by atoms with E-state index < -0.39 is 0 Å². The molecule has 1 aromatic rings. The van der Waals surface area contributed by atoms with Gasteiger partial charge in [-0.2, -0.15) is 16.1 Å². The molecule has 2 heterocycles. The molecule has 22 heavy (non-hydrogen) atoms. The van der Waals surface area contributed by atoms with Gasteiger partial charge in [-0.25, -0.2) is 4.98 Å². The van der Waals surface area contributed by atoms with E-state index in [1.54, 1.807) is 0 Å². The average molecular weight is 343 g/mol. The van der Waals surface area contributed by atoms with Crippen LogP contribution in [0.1, 0.15) is 19.7 Å². The fourth-order valence-corrected chi connectivity index (χ4v) is 3.33. The summed E-state index contributed by atoms with van der Waals surface area (Å²) in [6, 6.07) is 0. The van der Waals surface area contributed by atoms with Crippen molar-refractivity contribution in [3.05, 3.63) is 5.82 Å². The number of guanidine groups is 1. The molecule has 6 nitrogen and oxygen atoms in total. The molecule has 2 rings (SSSR count). The molecule has 0 aromatic carbocycles. The Morgan fingerprint density at radius 1 is 1.41 bits per heavy atom. The van der Waals surface area contributed by atoms with E-state index in [0.29, 0.717) is 5.25 Å². The van der Waals surface area contributed by atoms with Crippen LogP contribution in [0.4, 0.5) is 5.13 Å². The van der Waals surface area contributed by atoms with E-state index in [-0.39, 0.29) is 0 Å². The monoisotopic (exact) mass is 342 g/mol. The van der Waals surface area contributed by atoms with Crippen LogP contribution in [0.25, 0.3) is 0 Å². The van der Waals surface area contributed by atoms with Gasteiger partial charge in [-0.3, -0.25) is 4.99 Å². The lowest BCUT2D eigenvalue weighted by Gasteiger charge is -2.36. The first-order valence-electron chi connectivity index (χ1n) is 7.73. The molecule has 0 spiro atoms. The Morgan fingerprint density at radius 3 is 2.68 bits per heavy atom. The predicted molar refractivity (Wildman–Crippen MR) is 97.4 cm³/mol. The molecule has 0 bridgehead atoms. The van der Waals surface area contributed by atoms with Crippen molar-refractivity contribution in [2.75, 3.05) is 50.9 Å². The van der Waals surface area contributed by atoms with Crippen LogP contribution in [0, 0.1) is 0 Å². The van der Waals surface area contributed by atoms with E-state index in [1.807, 2.05) is 18.8 Å². The highest BCUT2D eigenvalue weighted by atomic mass is 32.2. The van der Waals surface area contributed by atoms with E-state index in [0.717, 1.165) is 56.1 Å². The molecule has 1 unspecified atom stereocenters. The highest BCUT2D eigenvalue weighted by Gasteiger charge is 2.22. The Hall–Kier alpha value is -1.02. The summed E-state index contributed by atoms with van der Waals surface area (Å²) in [4.78, 5) is 13.6. The summed E-state index contributed by atoms with van der Waals surface area (Å²) >= 11 is 3.38. The number of rotatable bonds is 5. The van der Waals surface area contributed by atoms with Crippen molar-refractivity contribution in [2.24, 2.45) is 4.99 Å². The van der Waals surface area contributed by atoms with E-state index in [4.69, 9.17) is 0 Å². The maximum absolute atomic E-state index is 4.58. The predicted octanol–water partition coefficient (Wildman–Crippen LogP) is 1.55. The maximum atomic E-state index is 4.58. The van der Waals surface area contributed by atoms with Crippen LogP contribution in [0.15, 0.2) is 4.99 Å². The zero-order chi connectivity index (χ0) is 15.9. The third kappa shape index (κ3) is 4.49. The number of aliphatic imine (C=N–C) groups is 1. The van der Waals surface area contributed by atoms with Gasteiger partial charge < -0.3 is 15.1 Å². The topological polar surface area (TPSA) is 56.7 Å². The van der Waals surface area contributed by atoms with Gasteiger partial charge in [0.15, 0.2) is 5.96 Å². The van der Waals surface area contributed by atoms with E-state index in [9.17, 15) is 0 Å². The van der Waals surface area contributed by atoms with Gasteiger partial charge >= 0.3 is 0 Å². The summed E-state index contributed by atoms with van der Waals surface area (Å²) in [6.07, 6.45) is 3.04. The molecule has 1 atom stereocenters. The second-order valence-electron chi connectivity index (χ2n) is 5.30. The Labute approximate surface area is 141 Å². The quantitative estimate of drug-likeness (QED) is 0.647. The first kappa shape index (κ1) is 17.3. The summed E-state index contributed by atoms with van der Waals surface area (Å²) in [6.45, 7) is 9.14. The molecule has 0 saturated carbocycles. The lowest BCUT2D eigenvalue weighted by molar-refractivity contribution is 0.372. The zero-order valence-electron chi connectivity index (χ0n) is 13.9. The van der Waals surface area contributed by atoms with E-state index >= 15 is 0 Å². The van der Waals surface area contributed by atoms with Crippen LogP contribution < -0.4 is 10.2 Å². The number of nitrogens with one attached hydrogen (secondary N) is 1. The molecule has 0 radical (unpaired) electrons. The van der Waals surface area contributed by atoms with Crippen molar-refractivity contribution in [1.29, 1.82) is 0 Å². The minimum atomic E-state index is 0.590. The molecule has 1 aromatic heterocycles. The SMILES string of the molecule is CCc1nsc(N2CCN(C(=NC)NCC(C)SC)CC2)n1. The largest absolute Gasteiger partial charge is 0.355 e. The van der Waals surface area contributed by atoms with Gasteiger partial charge in [0, 0.05) is 63.0 Å². The summed E-state index contributed by atoms with van der Waals surface area (Å²) in [7, 11) is 1.86. The van der Waals surface area contributed by atoms with Crippen LogP contribution in [0.5, 0.6) is 0 Å². The molecule has 8 heteroatoms. The lowest BCUT2D eigenvalue weighted by atomic mass is 10.3. The summed E-state index contributed by atoms with van der Waals surface area (Å²) < 4.78 is 4.38. The van der Waals surface area contributed by atoms with Gasteiger partial charge in [0.1, 0.15) is 5.82 Å². The van der Waals surface area contributed by atoms with Gasteiger partial charge in [-0.05, 0) is 6.26 Å². The zero-order valence-corrected chi connectivity index (χ0v) is 15.5. The van der Waals surface area contributed by atoms with Gasteiger partial charge in [0.05, 0.1) is 0 Å². The molecule has 1 aliphatic rings. The number of aromatic nitrogens is 2. The van der Waals surface area contributed by atoms with Crippen LogP contribution in [0.2, 0.25) is 0 Å². The molecule has 1 saturated heterocycles. The van der Waals surface area contributed by atoms with Crippen molar-refractivity contribution in [1.82, 2.24) is 19.6 Å². The summed E-state index contributed by atoms with van der Waals surface area (Å²) in [5, 5.41) is 5.11. The molecular formula is C14H26N6S2. The first-order chi connectivity index (χ1) is 10.7. The molecule has 0 amide bonds. The number of hydrogen-bond acceptors (Lipinski definition) is 6. The summed E-state index contributed by atoms with van der Waals surface area (Å²) in [5.74, 6) is 1.96. The molecule has 1 aliphatic heterocycles. The van der Waals surface area contributed by atoms with Crippen molar-refractivity contribution in [3.63, 3.8) is 0 Å². The van der Waals surface area contributed by atoms with Crippen LogP contribution in [0.3, 0.4) is 0 Å². The maximum Gasteiger partial charge on any atom is 0.205 e. The second kappa shape index (κ2) is 8.57. The highest BCUT2D eigenvalue weighted by molar-refractivity contribution is 7.99. The number of piperazine rings is 1. The van der Waals surface area contributed by atoms with Crippen molar-refractivity contribution in [3.8, 4) is 0 Å². The number of aryl methyl sites for hydroxylation is 1. The molecule has 1 fully saturated rings.